The fourth-order valence-corrected chi connectivity index (χ4v) is 3.81. The summed E-state index contributed by atoms with van der Waals surface area (Å²) in [7, 11) is -1.98. The quantitative estimate of drug-likeness (QED) is 0.589. The Bertz CT molecular complexity index is 401. The average molecular weight is 316 g/mol. The number of fused-ring (bicyclic) bond motifs is 1. The summed E-state index contributed by atoms with van der Waals surface area (Å²) in [5.41, 5.74) is 0. The van der Waals surface area contributed by atoms with Crippen LogP contribution in [0.4, 0.5) is 0 Å². The van der Waals surface area contributed by atoms with Crippen molar-refractivity contribution in [3.8, 4) is 0 Å². The second-order valence-corrected chi connectivity index (χ2v) is 12.6. The van der Waals surface area contributed by atoms with Crippen molar-refractivity contribution >= 4 is 14.6 Å². The molecule has 0 N–H and O–H groups in total. The van der Waals surface area contributed by atoms with Gasteiger partial charge in [0.2, 0.25) is 0 Å². The molecule has 0 aromatic carbocycles. The van der Waals surface area contributed by atoms with Crippen LogP contribution < -0.4 is 0 Å². The molecule has 6 heteroatoms. The molecule has 0 aromatic heterocycles. The van der Waals surface area contributed by atoms with Crippen molar-refractivity contribution in [2.24, 2.45) is 0 Å². The number of hydrogen-bond donors (Lipinski definition) is 0. The van der Waals surface area contributed by atoms with Gasteiger partial charge in [-0.2, -0.15) is 0 Å². The predicted molar refractivity (Wildman–Crippen MR) is 81.4 cm³/mol. The summed E-state index contributed by atoms with van der Waals surface area (Å²) < 4.78 is 24.0. The molecular formula is C15H28O5Si. The first-order valence-electron chi connectivity index (χ1n) is 7.59. The number of ether oxygens (including phenoxy) is 3. The molecule has 0 aliphatic carbocycles. The Morgan fingerprint density at radius 2 is 1.86 bits per heavy atom. The lowest BCUT2D eigenvalue weighted by atomic mass is 10.1. The summed E-state index contributed by atoms with van der Waals surface area (Å²) in [6, 6.07) is 0. The molecule has 0 spiro atoms. The molecule has 0 unspecified atom stereocenters. The third-order valence-corrected chi connectivity index (χ3v) is 9.13. The van der Waals surface area contributed by atoms with E-state index in [0.717, 1.165) is 6.29 Å². The Kier molecular flexibility index (Phi) is 4.41. The van der Waals surface area contributed by atoms with Crippen LogP contribution >= 0.6 is 0 Å². The number of hydrogen-bond acceptors (Lipinski definition) is 5. The van der Waals surface area contributed by atoms with Crippen molar-refractivity contribution in [2.75, 3.05) is 0 Å². The highest BCUT2D eigenvalue weighted by Crippen LogP contribution is 2.44. The van der Waals surface area contributed by atoms with Gasteiger partial charge in [-0.3, -0.25) is 0 Å². The molecule has 2 heterocycles. The molecule has 2 aliphatic heterocycles. The van der Waals surface area contributed by atoms with Crippen molar-refractivity contribution in [2.45, 2.75) is 89.6 Å². The number of rotatable bonds is 4. The van der Waals surface area contributed by atoms with E-state index >= 15 is 0 Å². The fourth-order valence-electron chi connectivity index (χ4n) is 2.49. The van der Waals surface area contributed by atoms with Crippen molar-refractivity contribution in [1.29, 1.82) is 0 Å². The summed E-state index contributed by atoms with van der Waals surface area (Å²) in [6.07, 6.45) is -0.0671. The van der Waals surface area contributed by atoms with Crippen LogP contribution in [-0.4, -0.2) is 45.0 Å². The van der Waals surface area contributed by atoms with Gasteiger partial charge in [0.25, 0.3) is 0 Å². The Labute approximate surface area is 128 Å². The van der Waals surface area contributed by atoms with Gasteiger partial charge < -0.3 is 23.4 Å². The van der Waals surface area contributed by atoms with Gasteiger partial charge in [-0.25, -0.2) is 0 Å². The van der Waals surface area contributed by atoms with Crippen molar-refractivity contribution in [1.82, 2.24) is 0 Å². The summed E-state index contributed by atoms with van der Waals surface area (Å²) in [6.45, 7) is 14.7. The lowest BCUT2D eigenvalue weighted by Gasteiger charge is -2.40. The van der Waals surface area contributed by atoms with E-state index in [1.807, 2.05) is 13.8 Å². The van der Waals surface area contributed by atoms with E-state index in [4.69, 9.17) is 18.6 Å². The first kappa shape index (κ1) is 17.1. The smallest absolute Gasteiger partial charge is 0.192 e. The number of aldehydes is 1. The van der Waals surface area contributed by atoms with Gasteiger partial charge in [-0.15, -0.1) is 0 Å². The molecular weight excluding hydrogens is 288 g/mol. The number of carbonyl (C=O) groups excluding carboxylic acids is 1. The maximum absolute atomic E-state index is 10.9. The molecule has 0 saturated carbocycles. The average Bonchev–Trinajstić information content (AvgIpc) is 2.72. The van der Waals surface area contributed by atoms with Crippen LogP contribution in [0.2, 0.25) is 18.1 Å². The lowest BCUT2D eigenvalue weighted by molar-refractivity contribution is -0.213. The summed E-state index contributed by atoms with van der Waals surface area (Å²) >= 11 is 0. The molecule has 122 valence electrons. The molecule has 21 heavy (non-hydrogen) atoms. The summed E-state index contributed by atoms with van der Waals surface area (Å²) in [4.78, 5) is 10.9. The first-order chi connectivity index (χ1) is 9.47. The topological polar surface area (TPSA) is 54.0 Å². The Balaban J connectivity index is 2.18. The summed E-state index contributed by atoms with van der Waals surface area (Å²) in [5.74, 6) is -0.670. The van der Waals surface area contributed by atoms with Gasteiger partial charge >= 0.3 is 0 Å². The SMILES string of the molecule is CC1(C)O[C@H]2O[C@H](CC=O)[C@H](O[Si](C)(C)C(C)(C)C)[C@H]2O1. The van der Waals surface area contributed by atoms with Crippen LogP contribution in [0.1, 0.15) is 41.0 Å². The molecule has 0 radical (unpaired) electrons. The highest BCUT2D eigenvalue weighted by molar-refractivity contribution is 6.74. The summed E-state index contributed by atoms with van der Waals surface area (Å²) in [5, 5.41) is 0.0891. The van der Waals surface area contributed by atoms with Gasteiger partial charge in [-0.05, 0) is 32.0 Å². The molecule has 5 nitrogen and oxygen atoms in total. The van der Waals surface area contributed by atoms with Crippen LogP contribution in [0, 0.1) is 0 Å². The van der Waals surface area contributed by atoms with E-state index in [0.29, 0.717) is 6.42 Å². The maximum Gasteiger partial charge on any atom is 0.192 e. The van der Waals surface area contributed by atoms with E-state index in [-0.39, 0.29) is 23.4 Å². The zero-order chi connectivity index (χ0) is 16.1. The second kappa shape index (κ2) is 5.42. The molecule has 2 aliphatic rings. The fraction of sp³-hybridized carbons (Fsp3) is 0.933. The Morgan fingerprint density at radius 3 is 2.38 bits per heavy atom. The van der Waals surface area contributed by atoms with Gasteiger partial charge in [-0.1, -0.05) is 20.8 Å². The molecule has 4 atom stereocenters. The van der Waals surface area contributed by atoms with Crippen molar-refractivity contribution < 1.29 is 23.4 Å². The van der Waals surface area contributed by atoms with Crippen LogP contribution in [-0.2, 0) is 23.4 Å². The second-order valence-electron chi connectivity index (χ2n) is 7.89. The van der Waals surface area contributed by atoms with Crippen LogP contribution in [0.3, 0.4) is 0 Å². The van der Waals surface area contributed by atoms with Crippen LogP contribution in [0.25, 0.3) is 0 Å². The molecule has 2 fully saturated rings. The van der Waals surface area contributed by atoms with Crippen molar-refractivity contribution in [3.63, 3.8) is 0 Å². The molecule has 2 saturated heterocycles. The van der Waals surface area contributed by atoms with Gasteiger partial charge in [0.05, 0.1) is 6.10 Å². The van der Waals surface area contributed by atoms with E-state index in [9.17, 15) is 4.79 Å². The van der Waals surface area contributed by atoms with E-state index in [2.05, 4.69) is 33.9 Å². The highest BCUT2D eigenvalue weighted by Gasteiger charge is 2.57. The van der Waals surface area contributed by atoms with Gasteiger partial charge in [0, 0.05) is 6.42 Å². The first-order valence-corrected chi connectivity index (χ1v) is 10.5. The Hall–Kier alpha value is -0.273. The lowest BCUT2D eigenvalue weighted by Crippen LogP contribution is -2.49. The standard InChI is InChI=1S/C15H28O5Si/c1-14(2,3)21(6,7)20-11-10(8-9-16)17-13-12(11)18-15(4,5)19-13/h9-13H,8H2,1-7H3/t10-,11+,12-,13-/m1/s1. The maximum atomic E-state index is 10.9. The Morgan fingerprint density at radius 1 is 1.24 bits per heavy atom. The van der Waals surface area contributed by atoms with E-state index in [1.54, 1.807) is 0 Å². The van der Waals surface area contributed by atoms with Gasteiger partial charge in [0.15, 0.2) is 20.4 Å². The minimum absolute atomic E-state index is 0.0891. The molecule has 0 bridgehead atoms. The predicted octanol–water partition coefficient (Wildman–Crippen LogP) is 2.84. The third kappa shape index (κ3) is 3.40. The molecule has 2 rings (SSSR count). The number of carbonyl (C=O) groups is 1. The zero-order valence-corrected chi connectivity index (χ0v) is 15.1. The minimum Gasteiger partial charge on any atom is -0.408 e. The monoisotopic (exact) mass is 316 g/mol. The minimum atomic E-state index is -1.98. The van der Waals surface area contributed by atoms with Crippen LogP contribution in [0.5, 0.6) is 0 Å². The van der Waals surface area contributed by atoms with Gasteiger partial charge in [0.1, 0.15) is 18.5 Å². The van der Waals surface area contributed by atoms with E-state index < -0.39 is 20.4 Å². The zero-order valence-electron chi connectivity index (χ0n) is 14.1. The third-order valence-electron chi connectivity index (χ3n) is 4.65. The molecule has 0 amide bonds. The normalized spacial score (nSPS) is 35.8. The largest absolute Gasteiger partial charge is 0.408 e. The molecule has 0 aromatic rings. The van der Waals surface area contributed by atoms with E-state index in [1.165, 1.54) is 0 Å². The highest BCUT2D eigenvalue weighted by atomic mass is 28.4. The van der Waals surface area contributed by atoms with Crippen LogP contribution in [0.15, 0.2) is 0 Å². The van der Waals surface area contributed by atoms with Crippen molar-refractivity contribution in [3.05, 3.63) is 0 Å².